The molecule has 0 heterocycles. The summed E-state index contributed by atoms with van der Waals surface area (Å²) in [4.78, 5) is 11.0. The van der Waals surface area contributed by atoms with Crippen molar-refractivity contribution in [2.75, 3.05) is 20.3 Å². The molecule has 7 heteroatoms. The molecule has 0 aliphatic carbocycles. The van der Waals surface area contributed by atoms with Crippen LogP contribution < -0.4 is 11.1 Å². The fraction of sp³-hybridized carbons (Fsp3) is 0.889. The van der Waals surface area contributed by atoms with Gasteiger partial charge in [-0.15, -0.1) is 0 Å². The second-order valence-corrected chi connectivity index (χ2v) is 3.67. The van der Waals surface area contributed by atoms with Crippen molar-refractivity contribution in [2.45, 2.75) is 31.5 Å². The summed E-state index contributed by atoms with van der Waals surface area (Å²) in [7, 11) is 1.56. The monoisotopic (exact) mass is 242 g/mol. The van der Waals surface area contributed by atoms with Crippen molar-refractivity contribution >= 4 is 5.91 Å². The van der Waals surface area contributed by atoms with E-state index in [9.17, 15) is 18.0 Å². The fourth-order valence-corrected chi connectivity index (χ4v) is 0.938. The van der Waals surface area contributed by atoms with Gasteiger partial charge in [-0.2, -0.15) is 13.2 Å². The van der Waals surface area contributed by atoms with Crippen LogP contribution in [-0.4, -0.2) is 37.9 Å². The first kappa shape index (κ1) is 15.2. The molecular formula is C9H17F3N2O2. The average Bonchev–Trinajstić information content (AvgIpc) is 2.14. The van der Waals surface area contributed by atoms with Gasteiger partial charge in [-0.25, -0.2) is 0 Å². The highest BCUT2D eigenvalue weighted by atomic mass is 19.4. The summed E-state index contributed by atoms with van der Waals surface area (Å²) in [5.41, 5.74) is 4.18. The molecule has 1 unspecified atom stereocenters. The molecule has 1 amide bonds. The van der Waals surface area contributed by atoms with Crippen LogP contribution in [0.2, 0.25) is 0 Å². The van der Waals surface area contributed by atoms with Gasteiger partial charge in [0, 0.05) is 6.61 Å². The number of halogens is 3. The lowest BCUT2D eigenvalue weighted by atomic mass is 9.98. The highest BCUT2D eigenvalue weighted by Crippen LogP contribution is 2.19. The number of amides is 1. The Morgan fingerprint density at radius 3 is 2.19 bits per heavy atom. The maximum absolute atomic E-state index is 11.7. The second-order valence-electron chi connectivity index (χ2n) is 3.67. The largest absolute Gasteiger partial charge is 0.391 e. The van der Waals surface area contributed by atoms with Crippen LogP contribution in [0.1, 0.15) is 19.8 Å². The van der Waals surface area contributed by atoms with Gasteiger partial charge < -0.3 is 15.8 Å². The van der Waals surface area contributed by atoms with Gasteiger partial charge in [-0.3, -0.25) is 4.79 Å². The summed E-state index contributed by atoms with van der Waals surface area (Å²) >= 11 is 0. The third kappa shape index (κ3) is 5.92. The summed E-state index contributed by atoms with van der Waals surface area (Å²) in [5, 5.41) is 2.71. The molecule has 0 bridgehead atoms. The van der Waals surface area contributed by atoms with E-state index in [1.54, 1.807) is 14.0 Å². The molecule has 0 aromatic heterocycles. The summed E-state index contributed by atoms with van der Waals surface area (Å²) in [5.74, 6) is -0.561. The van der Waals surface area contributed by atoms with E-state index in [0.717, 1.165) is 0 Å². The van der Waals surface area contributed by atoms with E-state index in [2.05, 4.69) is 5.32 Å². The first-order chi connectivity index (χ1) is 7.21. The smallest absolute Gasteiger partial charge is 0.381 e. The third-order valence-corrected chi connectivity index (χ3v) is 2.37. The average molecular weight is 242 g/mol. The van der Waals surface area contributed by atoms with Crippen LogP contribution >= 0.6 is 0 Å². The SMILES string of the molecule is CNC(C)(CCOCCC(F)(F)F)C(N)=O. The zero-order chi connectivity index (χ0) is 12.8. The molecule has 0 aromatic rings. The van der Waals surface area contributed by atoms with E-state index < -0.39 is 30.7 Å². The molecular weight excluding hydrogens is 225 g/mol. The topological polar surface area (TPSA) is 64.3 Å². The Labute approximate surface area is 92.3 Å². The van der Waals surface area contributed by atoms with Crippen LogP contribution in [0, 0.1) is 0 Å². The van der Waals surface area contributed by atoms with Crippen LogP contribution in [0.3, 0.4) is 0 Å². The Morgan fingerprint density at radius 1 is 1.31 bits per heavy atom. The molecule has 0 fully saturated rings. The van der Waals surface area contributed by atoms with E-state index in [1.807, 2.05) is 0 Å². The van der Waals surface area contributed by atoms with Gasteiger partial charge in [-0.05, 0) is 20.4 Å². The van der Waals surface area contributed by atoms with Crippen molar-refractivity contribution in [2.24, 2.45) is 5.73 Å². The van der Waals surface area contributed by atoms with E-state index in [-0.39, 0.29) is 13.0 Å². The summed E-state index contributed by atoms with van der Waals surface area (Å²) in [6.45, 7) is 1.22. The number of ether oxygens (including phenoxy) is 1. The van der Waals surface area contributed by atoms with E-state index in [1.165, 1.54) is 0 Å². The number of alkyl halides is 3. The van der Waals surface area contributed by atoms with Gasteiger partial charge in [0.2, 0.25) is 5.91 Å². The van der Waals surface area contributed by atoms with Crippen molar-refractivity contribution in [3.8, 4) is 0 Å². The van der Waals surface area contributed by atoms with Crippen LogP contribution in [-0.2, 0) is 9.53 Å². The molecule has 0 aliphatic rings. The normalized spacial score (nSPS) is 15.8. The van der Waals surface area contributed by atoms with Gasteiger partial charge in [0.05, 0.1) is 18.6 Å². The molecule has 0 aromatic carbocycles. The van der Waals surface area contributed by atoms with Crippen LogP contribution in [0.25, 0.3) is 0 Å². The number of rotatable bonds is 7. The maximum atomic E-state index is 11.7. The molecule has 1 atom stereocenters. The molecule has 3 N–H and O–H groups in total. The minimum absolute atomic E-state index is 0.0519. The highest BCUT2D eigenvalue weighted by Gasteiger charge is 2.29. The lowest BCUT2D eigenvalue weighted by Crippen LogP contribution is -2.52. The minimum Gasteiger partial charge on any atom is -0.381 e. The zero-order valence-electron chi connectivity index (χ0n) is 9.36. The molecule has 0 spiro atoms. The first-order valence-corrected chi connectivity index (χ1v) is 4.84. The second kappa shape index (κ2) is 6.05. The van der Waals surface area contributed by atoms with E-state index >= 15 is 0 Å². The molecule has 0 radical (unpaired) electrons. The molecule has 0 rings (SSSR count). The molecule has 0 aliphatic heterocycles. The van der Waals surface area contributed by atoms with Gasteiger partial charge in [0.25, 0.3) is 0 Å². The van der Waals surface area contributed by atoms with Crippen LogP contribution in [0.4, 0.5) is 13.2 Å². The number of carbonyl (C=O) groups is 1. The molecule has 96 valence electrons. The number of nitrogens with two attached hydrogens (primary N) is 1. The molecule has 16 heavy (non-hydrogen) atoms. The number of nitrogens with one attached hydrogen (secondary N) is 1. The standard InChI is InChI=1S/C9H17F3N2O2/c1-8(14-2,7(13)15)3-5-16-6-4-9(10,11)12/h14H,3-6H2,1-2H3,(H2,13,15). The maximum Gasteiger partial charge on any atom is 0.391 e. The molecule has 4 nitrogen and oxygen atoms in total. The van der Waals surface area contributed by atoms with Crippen molar-refractivity contribution in [1.82, 2.24) is 5.32 Å². The third-order valence-electron chi connectivity index (χ3n) is 2.37. The van der Waals surface area contributed by atoms with Crippen molar-refractivity contribution < 1.29 is 22.7 Å². The first-order valence-electron chi connectivity index (χ1n) is 4.84. The van der Waals surface area contributed by atoms with Gasteiger partial charge in [0.1, 0.15) is 0 Å². The van der Waals surface area contributed by atoms with Crippen LogP contribution in [0.5, 0.6) is 0 Å². The molecule has 0 saturated carbocycles. The Morgan fingerprint density at radius 2 is 1.81 bits per heavy atom. The Bertz CT molecular complexity index is 233. The number of primary amides is 1. The number of hydrogen-bond donors (Lipinski definition) is 2. The quantitative estimate of drug-likeness (QED) is 0.649. The Kier molecular flexibility index (Phi) is 5.74. The zero-order valence-corrected chi connectivity index (χ0v) is 9.36. The molecule has 0 saturated heterocycles. The van der Waals surface area contributed by atoms with E-state index in [4.69, 9.17) is 10.5 Å². The predicted molar refractivity (Wildman–Crippen MR) is 52.8 cm³/mol. The van der Waals surface area contributed by atoms with Gasteiger partial charge in [0.15, 0.2) is 0 Å². The number of hydrogen-bond acceptors (Lipinski definition) is 3. The summed E-state index contributed by atoms with van der Waals surface area (Å²) in [6, 6.07) is 0. The van der Waals surface area contributed by atoms with Crippen LogP contribution in [0.15, 0.2) is 0 Å². The minimum atomic E-state index is -4.21. The van der Waals surface area contributed by atoms with Gasteiger partial charge in [-0.1, -0.05) is 0 Å². The number of likely N-dealkylation sites (N-methyl/N-ethyl adjacent to an activating group) is 1. The lowest BCUT2D eigenvalue weighted by molar-refractivity contribution is -0.146. The summed E-state index contributed by atoms with van der Waals surface area (Å²) < 4.78 is 40.0. The van der Waals surface area contributed by atoms with E-state index in [0.29, 0.717) is 0 Å². The van der Waals surface area contributed by atoms with Crippen molar-refractivity contribution in [3.63, 3.8) is 0 Å². The van der Waals surface area contributed by atoms with Crippen molar-refractivity contribution in [1.29, 1.82) is 0 Å². The summed E-state index contributed by atoms with van der Waals surface area (Å²) in [6.07, 6.45) is -4.97. The lowest BCUT2D eigenvalue weighted by Gasteiger charge is -2.25. The fourth-order valence-electron chi connectivity index (χ4n) is 0.938. The predicted octanol–water partition coefficient (Wildman–Crippen LogP) is 0.809. The van der Waals surface area contributed by atoms with Crippen molar-refractivity contribution in [3.05, 3.63) is 0 Å². The Hall–Kier alpha value is -0.820. The Balaban J connectivity index is 3.77. The number of carbonyl (C=O) groups excluding carboxylic acids is 1. The highest BCUT2D eigenvalue weighted by molar-refractivity contribution is 5.84. The van der Waals surface area contributed by atoms with Gasteiger partial charge >= 0.3 is 6.18 Å².